The first-order chi connectivity index (χ1) is 24.4. The lowest BCUT2D eigenvalue weighted by Gasteiger charge is -2.28. The molecule has 0 aromatic heterocycles. The lowest BCUT2D eigenvalue weighted by atomic mass is 9.88. The van der Waals surface area contributed by atoms with E-state index in [4.69, 9.17) is 27.0 Å². The molecular weight excluding hydrogens is 652 g/mol. The van der Waals surface area contributed by atoms with Gasteiger partial charge in [-0.1, -0.05) is 74.5 Å². The number of aliphatic hydroxyl groups excluding tert-OH is 1. The van der Waals surface area contributed by atoms with E-state index in [0.717, 1.165) is 11.1 Å². The fourth-order valence-electron chi connectivity index (χ4n) is 6.30. The number of hydrogen-bond donors (Lipinski definition) is 6. The lowest BCUT2D eigenvalue weighted by Crippen LogP contribution is -2.54. The maximum absolute atomic E-state index is 14.0. The van der Waals surface area contributed by atoms with Crippen molar-refractivity contribution in [2.75, 3.05) is 32.8 Å². The molecule has 2 aromatic carbocycles. The van der Waals surface area contributed by atoms with Crippen LogP contribution in [0.3, 0.4) is 0 Å². The molecule has 2 aromatic rings. The third-order valence-corrected chi connectivity index (χ3v) is 9.10. The average Bonchev–Trinajstić information content (AvgIpc) is 3.52. The molecule has 13 heteroatoms. The number of nitrogens with zero attached hydrogens (tertiary/aromatic N) is 1. The highest BCUT2D eigenvalue weighted by Crippen LogP contribution is 2.23. The van der Waals surface area contributed by atoms with Crippen molar-refractivity contribution in [2.45, 2.75) is 88.9 Å². The summed E-state index contributed by atoms with van der Waals surface area (Å²) in [5.41, 5.74) is 18.6. The van der Waals surface area contributed by atoms with Crippen LogP contribution in [0.15, 0.2) is 60.7 Å². The molecule has 5 atom stereocenters. The van der Waals surface area contributed by atoms with Gasteiger partial charge in [0.25, 0.3) is 0 Å². The van der Waals surface area contributed by atoms with Crippen molar-refractivity contribution >= 4 is 29.5 Å². The predicted molar refractivity (Wildman–Crippen MR) is 194 cm³/mol. The minimum absolute atomic E-state index is 0.0442. The Labute approximate surface area is 301 Å². The normalized spacial score (nSPS) is 18.1. The van der Waals surface area contributed by atoms with Gasteiger partial charge in [-0.05, 0) is 68.5 Å². The van der Waals surface area contributed by atoms with Crippen LogP contribution in [0.25, 0.3) is 0 Å². The number of likely N-dealkylation sites (tertiary alicyclic amines) is 1. The molecule has 1 heterocycles. The fourth-order valence-corrected chi connectivity index (χ4v) is 6.30. The third kappa shape index (κ3) is 13.1. The van der Waals surface area contributed by atoms with Crippen molar-refractivity contribution in [2.24, 2.45) is 29.0 Å². The number of aliphatic hydroxyl groups is 1. The SMILES string of the molecule is CC(C)C[C@@H](CC(=O)[C@@H](Cc1ccccc1)NC(=O)[C@H](N)Cc1ccccc1)C(=O)N[C@H](CCCCN)C(=O)N1CCC(N)(C(=O)OCCO)C1. The Morgan fingerprint density at radius 3 is 2.10 bits per heavy atom. The Morgan fingerprint density at radius 2 is 1.51 bits per heavy atom. The van der Waals surface area contributed by atoms with Gasteiger partial charge in [-0.25, -0.2) is 4.79 Å². The molecule has 1 aliphatic rings. The molecular formula is C38H56N6O7. The first-order valence-corrected chi connectivity index (χ1v) is 17.9. The zero-order valence-corrected chi connectivity index (χ0v) is 29.9. The molecule has 9 N–H and O–H groups in total. The molecule has 3 amide bonds. The van der Waals surface area contributed by atoms with Crippen LogP contribution in [-0.4, -0.2) is 96.0 Å². The van der Waals surface area contributed by atoms with Gasteiger partial charge < -0.3 is 42.6 Å². The highest BCUT2D eigenvalue weighted by Gasteiger charge is 2.45. The highest BCUT2D eigenvalue weighted by atomic mass is 16.5. The summed E-state index contributed by atoms with van der Waals surface area (Å²) in [7, 11) is 0. The largest absolute Gasteiger partial charge is 0.462 e. The van der Waals surface area contributed by atoms with Gasteiger partial charge in [-0.2, -0.15) is 0 Å². The third-order valence-electron chi connectivity index (χ3n) is 9.10. The quantitative estimate of drug-likeness (QED) is 0.0798. The lowest BCUT2D eigenvalue weighted by molar-refractivity contribution is -0.151. The van der Waals surface area contributed by atoms with Crippen LogP contribution < -0.4 is 27.8 Å². The van der Waals surface area contributed by atoms with Crippen LogP contribution in [-0.2, 0) is 41.6 Å². The summed E-state index contributed by atoms with van der Waals surface area (Å²) < 4.78 is 5.04. The Bertz CT molecular complexity index is 1430. The minimum Gasteiger partial charge on any atom is -0.462 e. The number of Topliss-reactive ketones (excluding diaryl/α,β-unsaturated/α-hetero) is 1. The number of ketones is 1. The van der Waals surface area contributed by atoms with E-state index >= 15 is 0 Å². The van der Waals surface area contributed by atoms with E-state index < -0.39 is 47.4 Å². The minimum atomic E-state index is -1.43. The number of amides is 3. The molecule has 3 rings (SSSR count). The summed E-state index contributed by atoms with van der Waals surface area (Å²) in [5.74, 6) is -3.07. The van der Waals surface area contributed by atoms with Crippen LogP contribution in [0.1, 0.15) is 63.5 Å². The predicted octanol–water partition coefficient (Wildman–Crippen LogP) is 0.985. The monoisotopic (exact) mass is 708 g/mol. The number of nitrogens with one attached hydrogen (secondary N) is 2. The van der Waals surface area contributed by atoms with E-state index in [1.165, 1.54) is 4.90 Å². The first kappa shape index (κ1) is 41.3. The Morgan fingerprint density at radius 1 is 0.902 bits per heavy atom. The van der Waals surface area contributed by atoms with E-state index in [2.05, 4.69) is 10.6 Å². The van der Waals surface area contributed by atoms with Gasteiger partial charge in [0.15, 0.2) is 5.78 Å². The molecule has 51 heavy (non-hydrogen) atoms. The number of rotatable bonds is 21. The van der Waals surface area contributed by atoms with Crippen LogP contribution in [0.2, 0.25) is 0 Å². The van der Waals surface area contributed by atoms with Crippen molar-refractivity contribution in [3.8, 4) is 0 Å². The van der Waals surface area contributed by atoms with Crippen molar-refractivity contribution in [3.63, 3.8) is 0 Å². The Balaban J connectivity index is 1.77. The van der Waals surface area contributed by atoms with E-state index in [-0.39, 0.29) is 63.2 Å². The summed E-state index contributed by atoms with van der Waals surface area (Å²) in [6.45, 7) is 3.85. The second kappa shape index (κ2) is 20.6. The van der Waals surface area contributed by atoms with Gasteiger partial charge >= 0.3 is 5.97 Å². The zero-order valence-electron chi connectivity index (χ0n) is 29.9. The summed E-state index contributed by atoms with van der Waals surface area (Å²) in [6, 6.07) is 15.9. The molecule has 0 saturated carbocycles. The van der Waals surface area contributed by atoms with Gasteiger partial charge in [0, 0.05) is 25.4 Å². The summed E-state index contributed by atoms with van der Waals surface area (Å²) in [6.07, 6.45) is 2.39. The maximum Gasteiger partial charge on any atom is 0.328 e. The Kier molecular flexibility index (Phi) is 16.7. The molecule has 0 radical (unpaired) electrons. The molecule has 280 valence electrons. The van der Waals surface area contributed by atoms with E-state index in [1.807, 2.05) is 74.5 Å². The van der Waals surface area contributed by atoms with Crippen LogP contribution in [0, 0.1) is 11.8 Å². The number of carbonyl (C=O) groups excluding carboxylic acids is 5. The smallest absolute Gasteiger partial charge is 0.328 e. The van der Waals surface area contributed by atoms with E-state index in [9.17, 15) is 24.0 Å². The number of esters is 1. The van der Waals surface area contributed by atoms with Gasteiger partial charge in [0.2, 0.25) is 17.7 Å². The fraction of sp³-hybridized carbons (Fsp3) is 0.553. The van der Waals surface area contributed by atoms with Crippen molar-refractivity contribution < 1.29 is 33.8 Å². The molecule has 0 aliphatic carbocycles. The van der Waals surface area contributed by atoms with E-state index in [0.29, 0.717) is 38.6 Å². The van der Waals surface area contributed by atoms with Gasteiger partial charge in [-0.3, -0.25) is 19.2 Å². The molecule has 1 unspecified atom stereocenters. The molecule has 0 bridgehead atoms. The summed E-state index contributed by atoms with van der Waals surface area (Å²) in [4.78, 5) is 69.1. The number of nitrogens with two attached hydrogens (primary N) is 3. The van der Waals surface area contributed by atoms with Crippen LogP contribution in [0.5, 0.6) is 0 Å². The van der Waals surface area contributed by atoms with Gasteiger partial charge in [0.1, 0.15) is 18.2 Å². The molecule has 1 aliphatic heterocycles. The molecule has 1 fully saturated rings. The van der Waals surface area contributed by atoms with Crippen LogP contribution >= 0.6 is 0 Å². The standard InChI is InChI=1S/C38H56N6O7/c1-26(2)21-29(34(47)42-31(15-9-10-17-39)36(49)44-18-16-38(41,25-44)37(50)51-20-19-45)24-33(46)32(23-28-13-7-4-8-14-28)43-35(48)30(40)22-27-11-5-3-6-12-27/h3-8,11-14,26,29-32,45H,9-10,15-25,39-41H2,1-2H3,(H,42,47)(H,43,48)/t29-,30+,31+,32+,38?/m0/s1. The van der Waals surface area contributed by atoms with Gasteiger partial charge in [0.05, 0.1) is 18.7 Å². The maximum atomic E-state index is 14.0. The van der Waals surface area contributed by atoms with Crippen LogP contribution in [0.4, 0.5) is 0 Å². The van der Waals surface area contributed by atoms with Crippen molar-refractivity contribution in [1.29, 1.82) is 0 Å². The number of hydrogen-bond acceptors (Lipinski definition) is 10. The topological polar surface area (TPSA) is 220 Å². The summed E-state index contributed by atoms with van der Waals surface area (Å²) >= 11 is 0. The second-order valence-electron chi connectivity index (χ2n) is 13.9. The van der Waals surface area contributed by atoms with Crippen molar-refractivity contribution in [1.82, 2.24) is 15.5 Å². The van der Waals surface area contributed by atoms with Gasteiger partial charge in [-0.15, -0.1) is 0 Å². The molecule has 0 spiro atoms. The molecule has 1 saturated heterocycles. The number of unbranched alkanes of at least 4 members (excludes halogenated alkanes) is 1. The average molecular weight is 709 g/mol. The van der Waals surface area contributed by atoms with Crippen molar-refractivity contribution in [3.05, 3.63) is 71.8 Å². The molecule has 13 nitrogen and oxygen atoms in total. The zero-order chi connectivity index (χ0) is 37.4. The first-order valence-electron chi connectivity index (χ1n) is 17.9. The number of benzene rings is 2. The number of ether oxygens (including phenoxy) is 1. The van der Waals surface area contributed by atoms with E-state index in [1.54, 1.807) is 0 Å². The Hall–Kier alpha value is -4.17. The summed E-state index contributed by atoms with van der Waals surface area (Å²) in [5, 5.41) is 14.8. The number of carbonyl (C=O) groups is 5. The highest BCUT2D eigenvalue weighted by molar-refractivity contribution is 5.95. The second-order valence-corrected chi connectivity index (χ2v) is 13.9.